The molecule has 0 radical (unpaired) electrons. The van der Waals surface area contributed by atoms with Crippen LogP contribution in [-0.2, 0) is 6.42 Å². The van der Waals surface area contributed by atoms with Crippen molar-refractivity contribution in [3.63, 3.8) is 0 Å². The zero-order chi connectivity index (χ0) is 12.5. The van der Waals surface area contributed by atoms with E-state index in [1.54, 1.807) is 14.2 Å². The molecule has 0 bridgehead atoms. The van der Waals surface area contributed by atoms with E-state index in [-0.39, 0.29) is 0 Å². The number of ether oxygens (including phenoxy) is 2. The second-order valence-corrected chi connectivity index (χ2v) is 5.31. The smallest absolute Gasteiger partial charge is 0.119 e. The van der Waals surface area contributed by atoms with Crippen LogP contribution in [0.15, 0.2) is 46.2 Å². The molecule has 18 heavy (non-hydrogen) atoms. The molecule has 0 aromatic heterocycles. The second kappa shape index (κ2) is 4.58. The first-order chi connectivity index (χ1) is 8.80. The normalized spacial score (nSPS) is 12.6. The summed E-state index contributed by atoms with van der Waals surface area (Å²) in [7, 11) is 3.41. The highest BCUT2D eigenvalue weighted by atomic mass is 32.2. The van der Waals surface area contributed by atoms with E-state index in [0.29, 0.717) is 0 Å². The maximum Gasteiger partial charge on any atom is 0.119 e. The molecule has 1 aliphatic rings. The van der Waals surface area contributed by atoms with E-state index in [4.69, 9.17) is 9.47 Å². The van der Waals surface area contributed by atoms with Crippen LogP contribution in [0.4, 0.5) is 0 Å². The summed E-state index contributed by atoms with van der Waals surface area (Å²) in [6.07, 6.45) is 0.937. The van der Waals surface area contributed by atoms with Gasteiger partial charge < -0.3 is 9.47 Å². The van der Waals surface area contributed by atoms with Crippen molar-refractivity contribution in [3.8, 4) is 11.5 Å². The molecule has 0 spiro atoms. The minimum atomic E-state index is 0.917. The van der Waals surface area contributed by atoms with Crippen molar-refractivity contribution in [2.75, 3.05) is 14.2 Å². The van der Waals surface area contributed by atoms with Crippen LogP contribution >= 0.6 is 11.8 Å². The van der Waals surface area contributed by atoms with Gasteiger partial charge in [0, 0.05) is 9.79 Å². The molecule has 3 heteroatoms. The number of benzene rings is 2. The predicted octanol–water partition coefficient (Wildman–Crippen LogP) is 3.76. The fourth-order valence-corrected chi connectivity index (χ4v) is 3.20. The Hall–Kier alpha value is -1.61. The first-order valence-corrected chi connectivity index (χ1v) is 6.63. The van der Waals surface area contributed by atoms with E-state index in [1.165, 1.54) is 20.9 Å². The van der Waals surface area contributed by atoms with Crippen LogP contribution in [0.1, 0.15) is 11.1 Å². The van der Waals surface area contributed by atoms with Gasteiger partial charge in [0.25, 0.3) is 0 Å². The van der Waals surface area contributed by atoms with Crippen LogP contribution in [0.5, 0.6) is 11.5 Å². The number of fused-ring (bicyclic) bond motifs is 2. The predicted molar refractivity (Wildman–Crippen MR) is 72.9 cm³/mol. The average molecular weight is 258 g/mol. The zero-order valence-corrected chi connectivity index (χ0v) is 11.2. The summed E-state index contributed by atoms with van der Waals surface area (Å²) in [5.74, 6) is 1.83. The minimum absolute atomic E-state index is 0.917. The van der Waals surface area contributed by atoms with Gasteiger partial charge in [0.2, 0.25) is 0 Å². The summed E-state index contributed by atoms with van der Waals surface area (Å²) in [6, 6.07) is 12.5. The summed E-state index contributed by atoms with van der Waals surface area (Å²) in [5.41, 5.74) is 2.64. The second-order valence-electron chi connectivity index (χ2n) is 4.23. The Labute approximate surface area is 111 Å². The van der Waals surface area contributed by atoms with Gasteiger partial charge >= 0.3 is 0 Å². The lowest BCUT2D eigenvalue weighted by Crippen LogP contribution is -2.00. The lowest BCUT2D eigenvalue weighted by atomic mass is 10.0. The molecule has 0 fully saturated rings. The maximum atomic E-state index is 5.28. The van der Waals surface area contributed by atoms with Crippen molar-refractivity contribution >= 4 is 11.8 Å². The number of hydrogen-bond acceptors (Lipinski definition) is 3. The van der Waals surface area contributed by atoms with Gasteiger partial charge in [0.1, 0.15) is 11.5 Å². The first kappa shape index (κ1) is 11.5. The molecule has 3 rings (SSSR count). The van der Waals surface area contributed by atoms with Gasteiger partial charge in [-0.15, -0.1) is 0 Å². The minimum Gasteiger partial charge on any atom is -0.497 e. The van der Waals surface area contributed by atoms with Crippen molar-refractivity contribution in [3.05, 3.63) is 47.5 Å². The molecule has 92 valence electrons. The summed E-state index contributed by atoms with van der Waals surface area (Å²) in [4.78, 5) is 2.63. The molecule has 0 amide bonds. The van der Waals surface area contributed by atoms with E-state index in [1.807, 2.05) is 23.9 Å². The summed E-state index contributed by atoms with van der Waals surface area (Å²) < 4.78 is 10.6. The summed E-state index contributed by atoms with van der Waals surface area (Å²) in [6.45, 7) is 0. The highest BCUT2D eigenvalue weighted by Gasteiger charge is 2.17. The molecule has 0 saturated carbocycles. The quantitative estimate of drug-likeness (QED) is 0.697. The Balaban J connectivity index is 2.01. The van der Waals surface area contributed by atoms with E-state index in [9.17, 15) is 0 Å². The third-order valence-electron chi connectivity index (χ3n) is 3.14. The Morgan fingerprint density at radius 2 is 1.33 bits per heavy atom. The summed E-state index contributed by atoms with van der Waals surface area (Å²) in [5, 5.41) is 0. The molecule has 0 saturated heterocycles. The lowest BCUT2D eigenvalue weighted by Gasteiger charge is -2.20. The fraction of sp³-hybridized carbons (Fsp3) is 0.200. The number of hydrogen-bond donors (Lipinski definition) is 0. The van der Waals surface area contributed by atoms with Gasteiger partial charge in [-0.2, -0.15) is 0 Å². The van der Waals surface area contributed by atoms with Crippen molar-refractivity contribution in [1.82, 2.24) is 0 Å². The van der Waals surface area contributed by atoms with E-state index < -0.39 is 0 Å². The van der Waals surface area contributed by atoms with E-state index >= 15 is 0 Å². The molecule has 0 N–H and O–H groups in total. The van der Waals surface area contributed by atoms with Gasteiger partial charge in [0.05, 0.1) is 14.2 Å². The Morgan fingerprint density at radius 1 is 0.833 bits per heavy atom. The Bertz CT molecular complexity index is 542. The maximum absolute atomic E-state index is 5.28. The highest BCUT2D eigenvalue weighted by molar-refractivity contribution is 7.99. The third-order valence-corrected chi connectivity index (χ3v) is 4.37. The lowest BCUT2D eigenvalue weighted by molar-refractivity contribution is 0.413. The van der Waals surface area contributed by atoms with Crippen LogP contribution < -0.4 is 9.47 Å². The van der Waals surface area contributed by atoms with Gasteiger partial charge in [-0.1, -0.05) is 11.8 Å². The van der Waals surface area contributed by atoms with E-state index in [2.05, 4.69) is 24.3 Å². The molecule has 0 unspecified atom stereocenters. The fourth-order valence-electron chi connectivity index (χ4n) is 2.16. The topological polar surface area (TPSA) is 18.5 Å². The Kier molecular flexibility index (Phi) is 2.92. The monoisotopic (exact) mass is 258 g/mol. The molecule has 2 aromatic rings. The SMILES string of the molecule is COc1ccc2c(c1)Cc1cc(OC)ccc1S2. The van der Waals surface area contributed by atoms with Crippen molar-refractivity contribution < 1.29 is 9.47 Å². The number of rotatable bonds is 2. The van der Waals surface area contributed by atoms with Gasteiger partial charge in [-0.25, -0.2) is 0 Å². The van der Waals surface area contributed by atoms with Crippen LogP contribution in [0.3, 0.4) is 0 Å². The molecule has 2 aromatic carbocycles. The molecular weight excluding hydrogens is 244 g/mol. The van der Waals surface area contributed by atoms with Crippen LogP contribution in [-0.4, -0.2) is 14.2 Å². The molecule has 1 aliphatic heterocycles. The van der Waals surface area contributed by atoms with Gasteiger partial charge in [-0.05, 0) is 53.9 Å². The van der Waals surface area contributed by atoms with Crippen molar-refractivity contribution in [2.45, 2.75) is 16.2 Å². The standard InChI is InChI=1S/C15H14O2S/c1-16-12-3-5-14-10(8-12)7-11-9-13(17-2)4-6-15(11)18-14/h3-6,8-9H,7H2,1-2H3. The van der Waals surface area contributed by atoms with Crippen LogP contribution in [0, 0.1) is 0 Å². The third kappa shape index (κ3) is 1.95. The molecule has 0 atom stereocenters. The van der Waals surface area contributed by atoms with Crippen LogP contribution in [0.2, 0.25) is 0 Å². The molecule has 2 nitrogen and oxygen atoms in total. The number of methoxy groups -OCH3 is 2. The molecular formula is C15H14O2S. The van der Waals surface area contributed by atoms with Crippen molar-refractivity contribution in [1.29, 1.82) is 0 Å². The van der Waals surface area contributed by atoms with Crippen molar-refractivity contribution in [2.24, 2.45) is 0 Å². The van der Waals surface area contributed by atoms with E-state index in [0.717, 1.165) is 17.9 Å². The molecule has 1 heterocycles. The van der Waals surface area contributed by atoms with Gasteiger partial charge in [-0.3, -0.25) is 0 Å². The average Bonchev–Trinajstić information content (AvgIpc) is 2.43. The zero-order valence-electron chi connectivity index (χ0n) is 10.4. The largest absolute Gasteiger partial charge is 0.497 e. The highest BCUT2D eigenvalue weighted by Crippen LogP contribution is 2.41. The van der Waals surface area contributed by atoms with Gasteiger partial charge in [0.15, 0.2) is 0 Å². The molecule has 0 aliphatic carbocycles. The summed E-state index contributed by atoms with van der Waals surface area (Å²) >= 11 is 1.81. The van der Waals surface area contributed by atoms with Crippen LogP contribution in [0.25, 0.3) is 0 Å². The Morgan fingerprint density at radius 3 is 1.78 bits per heavy atom. The first-order valence-electron chi connectivity index (χ1n) is 5.82.